The van der Waals surface area contributed by atoms with Crippen molar-refractivity contribution in [3.8, 4) is 0 Å². The number of rotatable bonds is 14. The molecule has 31 heteroatoms. The van der Waals surface area contributed by atoms with Crippen LogP contribution in [0, 0.1) is 0 Å². The van der Waals surface area contributed by atoms with Crippen molar-refractivity contribution in [2.45, 2.75) is 49.1 Å². The molecule has 3 aromatic rings. The van der Waals surface area contributed by atoms with Crippen molar-refractivity contribution in [1.82, 2.24) is 29.1 Å². The normalized spacial score (nSPS) is 31.5. The van der Waals surface area contributed by atoms with Crippen LogP contribution in [-0.4, -0.2) is 125 Å². The summed E-state index contributed by atoms with van der Waals surface area (Å²) in [4.78, 5) is 76.8. The van der Waals surface area contributed by atoms with E-state index < -0.39 is 110 Å². The largest absolute Gasteiger partial charge is 0.479 e. The molecule has 0 spiro atoms. The van der Waals surface area contributed by atoms with Crippen LogP contribution in [0.1, 0.15) is 12.5 Å². The van der Waals surface area contributed by atoms with E-state index in [0.717, 1.165) is 24.9 Å². The minimum atomic E-state index is -5.72. The maximum atomic E-state index is 12.5. The maximum absolute atomic E-state index is 12.5. The number of nitrogen functional groups attached to an aromatic ring is 1. The Labute approximate surface area is 282 Å². The zero-order valence-electron chi connectivity index (χ0n) is 25.1. The van der Waals surface area contributed by atoms with Gasteiger partial charge in [-0.15, -0.1) is 0 Å². The second-order valence-electron chi connectivity index (χ2n) is 10.8. The number of phosphoric acid groups is 2. The van der Waals surface area contributed by atoms with Crippen LogP contribution in [0.4, 0.5) is 5.82 Å². The number of fused-ring (bicyclic) bond motifs is 1. The number of hydrogen-bond donors (Lipinski definition) is 10. The Balaban J connectivity index is 1.14. The van der Waals surface area contributed by atoms with E-state index >= 15 is 0 Å². The first-order valence-electron chi connectivity index (χ1n) is 13.9. The van der Waals surface area contributed by atoms with E-state index in [0.29, 0.717) is 4.57 Å². The van der Waals surface area contributed by atoms with Crippen molar-refractivity contribution in [3.05, 3.63) is 45.8 Å². The number of aromatic nitrogens is 6. The van der Waals surface area contributed by atoms with Crippen molar-refractivity contribution >= 4 is 47.8 Å². The second-order valence-corrected chi connectivity index (χ2v) is 18.2. The van der Waals surface area contributed by atoms with Gasteiger partial charge in [-0.3, -0.25) is 37.1 Å². The number of aliphatic hydroxyl groups is 4. The summed E-state index contributed by atoms with van der Waals surface area (Å²) in [5, 5.41) is 41.3. The Morgan fingerprint density at radius 3 is 1.80 bits per heavy atom. The number of nitrogens with zero attached hydrogens (tertiary/aromatic N) is 5. The molecular weight excluding hydrogens is 782 g/mol. The van der Waals surface area contributed by atoms with Crippen LogP contribution < -0.4 is 17.0 Å². The molecule has 2 aliphatic rings. The maximum Gasteiger partial charge on any atom is 0.479 e. The average molecular weight is 811 g/mol. The van der Waals surface area contributed by atoms with E-state index in [1.807, 2.05) is 4.98 Å². The third-order valence-electron chi connectivity index (χ3n) is 7.08. The molecule has 0 bridgehead atoms. The second kappa shape index (κ2) is 14.7. The van der Waals surface area contributed by atoms with Crippen molar-refractivity contribution in [3.63, 3.8) is 0 Å². The summed E-state index contributed by atoms with van der Waals surface area (Å²) >= 11 is 0. The first kappa shape index (κ1) is 39.6. The monoisotopic (exact) mass is 811 g/mol. The van der Waals surface area contributed by atoms with E-state index in [-0.39, 0.29) is 17.0 Å². The Morgan fingerprint density at radius 2 is 1.29 bits per heavy atom. The topological polar surface area (TPSA) is 410 Å². The van der Waals surface area contributed by atoms with Gasteiger partial charge in [-0.1, -0.05) is 0 Å². The Kier molecular flexibility index (Phi) is 11.4. The van der Waals surface area contributed by atoms with Gasteiger partial charge in [0.1, 0.15) is 48.5 Å². The molecule has 0 aromatic carbocycles. The molecule has 0 amide bonds. The third kappa shape index (κ3) is 9.13. The van der Waals surface area contributed by atoms with Crippen LogP contribution in [0.25, 0.3) is 11.2 Å². The predicted octanol–water partition coefficient (Wildman–Crippen LogP) is -3.21. The van der Waals surface area contributed by atoms with Gasteiger partial charge in [-0.25, -0.2) is 37.5 Å². The Bertz CT molecular complexity index is 2080. The minimum Gasteiger partial charge on any atom is -0.387 e. The molecule has 2 fully saturated rings. The Morgan fingerprint density at radius 1 is 0.784 bits per heavy atom. The highest BCUT2D eigenvalue weighted by Gasteiger charge is 2.49. The molecule has 0 aliphatic carbocycles. The summed E-state index contributed by atoms with van der Waals surface area (Å²) in [6, 6.07) is 0.890. The van der Waals surface area contributed by atoms with Crippen LogP contribution >= 0.6 is 30.8 Å². The molecule has 284 valence electrons. The molecule has 2 saturated heterocycles. The molecule has 0 radical (unpaired) electrons. The van der Waals surface area contributed by atoms with E-state index in [1.165, 1.54) is 4.57 Å². The van der Waals surface area contributed by atoms with Crippen LogP contribution in [0.15, 0.2) is 34.5 Å². The molecule has 27 nitrogen and oxygen atoms in total. The van der Waals surface area contributed by atoms with Gasteiger partial charge in [0, 0.05) is 12.3 Å². The van der Waals surface area contributed by atoms with Gasteiger partial charge in [0.05, 0.1) is 19.5 Å². The molecular formula is C20H29N7O20P4. The minimum absolute atomic E-state index is 0.0110. The fourth-order valence-electron chi connectivity index (χ4n) is 4.86. The van der Waals surface area contributed by atoms with E-state index in [9.17, 15) is 67.8 Å². The van der Waals surface area contributed by atoms with E-state index in [1.54, 1.807) is 0 Å². The first-order valence-corrected chi connectivity index (χ1v) is 20.4. The smallest absolute Gasteiger partial charge is 0.387 e. The van der Waals surface area contributed by atoms with Crippen LogP contribution in [0.2, 0.25) is 0 Å². The lowest BCUT2D eigenvalue weighted by Gasteiger charge is -2.22. The van der Waals surface area contributed by atoms with Gasteiger partial charge >= 0.3 is 36.5 Å². The summed E-state index contributed by atoms with van der Waals surface area (Å²) in [5.41, 5.74) is 4.09. The summed E-state index contributed by atoms with van der Waals surface area (Å²) in [6.07, 6.45) is -10.3. The number of nitrogens with one attached hydrogen (secondary N) is 1. The zero-order valence-corrected chi connectivity index (χ0v) is 28.7. The van der Waals surface area contributed by atoms with Crippen molar-refractivity contribution in [2.24, 2.45) is 0 Å². The van der Waals surface area contributed by atoms with Gasteiger partial charge in [-0.2, -0.15) is 0 Å². The third-order valence-corrected chi connectivity index (χ3v) is 14.6. The van der Waals surface area contributed by atoms with Crippen LogP contribution in [0.3, 0.4) is 0 Å². The lowest BCUT2D eigenvalue weighted by Crippen LogP contribution is -2.37. The highest BCUT2D eigenvalue weighted by atomic mass is 31.3. The SMILES string of the molecule is Nc1ncnc2c1ncn2[C@@H]1O[C@H](COP(=O)(O)OP(=O)(O)CP(=O)(O)OP(=O)(O)OC[C@H]2O[C@@H](n3ccc(=O)[nH]c3=O)[C@H](O)[C@@H]2O)[C@@H](O)[C@H]1O. The van der Waals surface area contributed by atoms with Gasteiger partial charge in [0.2, 0.25) is 0 Å². The van der Waals surface area contributed by atoms with Crippen molar-refractivity contribution in [1.29, 1.82) is 0 Å². The van der Waals surface area contributed by atoms with Crippen LogP contribution in [0.5, 0.6) is 0 Å². The molecule has 5 heterocycles. The Hall–Kier alpha value is -2.61. The summed E-state index contributed by atoms with van der Waals surface area (Å²) in [6.45, 7) is -2.21. The molecule has 0 saturated carbocycles. The molecule has 5 rings (SSSR count). The number of imidazole rings is 1. The fraction of sp³-hybridized carbons (Fsp3) is 0.550. The lowest BCUT2D eigenvalue weighted by molar-refractivity contribution is -0.0541. The lowest BCUT2D eigenvalue weighted by atomic mass is 10.1. The molecule has 11 N–H and O–H groups in total. The number of phosphoric ester groups is 2. The molecule has 3 aromatic heterocycles. The average Bonchev–Trinajstić information content (AvgIpc) is 3.64. The number of aromatic amines is 1. The fourth-order valence-corrected chi connectivity index (χ4v) is 11.6. The highest BCUT2D eigenvalue weighted by Crippen LogP contribution is 2.70. The number of nitrogens with two attached hydrogens (primary N) is 1. The van der Waals surface area contributed by atoms with Gasteiger partial charge in [0.25, 0.3) is 5.56 Å². The first-order chi connectivity index (χ1) is 23.6. The van der Waals surface area contributed by atoms with E-state index in [4.69, 9.17) is 15.2 Å². The van der Waals surface area contributed by atoms with Gasteiger partial charge in [-0.05, 0) is 0 Å². The molecule has 2 aliphatic heterocycles. The predicted molar refractivity (Wildman–Crippen MR) is 161 cm³/mol. The zero-order chi connectivity index (χ0) is 37.7. The number of H-pyrrole nitrogens is 1. The standard InChI is InChI=1S/C20H29N7O20P4/c21-16-11-17(23-5-22-16)27(6-24-11)19-15(32)13(30)9(45-19)4-43-51(40,41)47-49(36,37)7-48(34,35)46-50(38,39)42-3-8-12(29)14(31)18(44-8)26-2-1-10(28)25-20(26)33/h1-2,5-6,8-9,12-15,18-19,29-32H,3-4,7H2,(H,34,35)(H,36,37)(H,38,39)(H,40,41)(H2,21,22,23)(H,25,28,33)/t8-,9-,12-,13-,14-,15-,18-,19-/m1/s1. The number of anilines is 1. The molecule has 4 unspecified atom stereocenters. The van der Waals surface area contributed by atoms with Gasteiger partial charge < -0.3 is 55.2 Å². The number of aliphatic hydroxyl groups excluding tert-OH is 4. The molecule has 51 heavy (non-hydrogen) atoms. The van der Waals surface area contributed by atoms with E-state index in [2.05, 4.69) is 32.6 Å². The van der Waals surface area contributed by atoms with Gasteiger partial charge in [0.15, 0.2) is 29.8 Å². The summed E-state index contributed by atoms with van der Waals surface area (Å²) < 4.78 is 79.5. The van der Waals surface area contributed by atoms with Crippen LogP contribution in [-0.2, 0) is 45.4 Å². The number of hydrogen-bond acceptors (Lipinski definition) is 20. The quantitative estimate of drug-likeness (QED) is 0.0716. The molecule has 12 atom stereocenters. The van der Waals surface area contributed by atoms with Crippen molar-refractivity contribution < 1.29 is 85.4 Å². The summed E-state index contributed by atoms with van der Waals surface area (Å²) in [5.74, 6) is -2.09. The van der Waals surface area contributed by atoms with Crippen molar-refractivity contribution in [2.75, 3.05) is 24.9 Å². The number of ether oxygens (including phenoxy) is 2. The summed E-state index contributed by atoms with van der Waals surface area (Å²) in [7, 11) is -22.8. The highest BCUT2D eigenvalue weighted by molar-refractivity contribution is 7.76.